The van der Waals surface area contributed by atoms with Gasteiger partial charge in [-0.05, 0) is 49.1 Å². The number of hydrogen-bond acceptors (Lipinski definition) is 5. The first-order chi connectivity index (χ1) is 14.2. The Bertz CT molecular complexity index is 966. The first-order valence-electron chi connectivity index (χ1n) is 10.3. The van der Waals surface area contributed by atoms with E-state index in [4.69, 9.17) is 9.15 Å². The fraction of sp³-hybridized carbons (Fsp3) is 0.417. The lowest BCUT2D eigenvalue weighted by atomic mass is 9.84. The van der Waals surface area contributed by atoms with Crippen LogP contribution in [0.25, 0.3) is 5.76 Å². The van der Waals surface area contributed by atoms with Crippen LogP contribution in [0.3, 0.4) is 0 Å². The van der Waals surface area contributed by atoms with Crippen molar-refractivity contribution >= 4 is 17.4 Å². The molecule has 1 aromatic carbocycles. The number of aliphatic hydroxyl groups is 1. The standard InChI is InChI=1S/C24H29NO5/c1-6-12-25-20(18-9-8-13-30-18)19(22(27)23(25)28)21(26)15-10-11-17(29-7-2)16(14-15)24(3,4)5/h8-11,13-14,20,26H,6-7,12H2,1-5H3/b21-19-. The van der Waals surface area contributed by atoms with Gasteiger partial charge >= 0.3 is 0 Å². The lowest BCUT2D eigenvalue weighted by Crippen LogP contribution is -2.30. The largest absolute Gasteiger partial charge is 0.507 e. The van der Waals surface area contributed by atoms with E-state index in [1.807, 2.05) is 19.9 Å². The maximum absolute atomic E-state index is 12.9. The topological polar surface area (TPSA) is 80.0 Å². The summed E-state index contributed by atoms with van der Waals surface area (Å²) in [6.07, 6.45) is 2.18. The van der Waals surface area contributed by atoms with Crippen LogP contribution in [0.2, 0.25) is 0 Å². The van der Waals surface area contributed by atoms with E-state index in [0.717, 1.165) is 11.3 Å². The number of likely N-dealkylation sites (tertiary alicyclic amines) is 1. The summed E-state index contributed by atoms with van der Waals surface area (Å²) in [6.45, 7) is 10.9. The zero-order valence-corrected chi connectivity index (χ0v) is 18.2. The number of furan rings is 1. The number of carbonyl (C=O) groups is 2. The van der Waals surface area contributed by atoms with Gasteiger partial charge in [0.2, 0.25) is 0 Å². The Kier molecular flexibility index (Phi) is 6.06. The fourth-order valence-electron chi connectivity index (χ4n) is 3.79. The molecule has 1 unspecified atom stereocenters. The number of hydrogen-bond donors (Lipinski definition) is 1. The van der Waals surface area contributed by atoms with Crippen molar-refractivity contribution in [3.05, 3.63) is 59.1 Å². The van der Waals surface area contributed by atoms with Crippen molar-refractivity contribution in [2.75, 3.05) is 13.2 Å². The maximum Gasteiger partial charge on any atom is 0.295 e. The minimum absolute atomic E-state index is 0.0485. The van der Waals surface area contributed by atoms with Gasteiger partial charge in [0, 0.05) is 17.7 Å². The van der Waals surface area contributed by atoms with Gasteiger partial charge in [0.15, 0.2) is 0 Å². The van der Waals surface area contributed by atoms with Gasteiger partial charge in [-0.2, -0.15) is 0 Å². The lowest BCUT2D eigenvalue weighted by Gasteiger charge is -2.24. The number of ketones is 1. The van der Waals surface area contributed by atoms with Gasteiger partial charge in [0.25, 0.3) is 11.7 Å². The Labute approximate surface area is 177 Å². The van der Waals surface area contributed by atoms with Crippen molar-refractivity contribution in [2.24, 2.45) is 0 Å². The van der Waals surface area contributed by atoms with E-state index in [2.05, 4.69) is 20.8 Å². The highest BCUT2D eigenvalue weighted by atomic mass is 16.5. The molecule has 1 fully saturated rings. The quantitative estimate of drug-likeness (QED) is 0.419. The monoisotopic (exact) mass is 411 g/mol. The molecule has 1 aromatic heterocycles. The Balaban J connectivity index is 2.18. The number of Topliss-reactive ketones (excluding diaryl/α,β-unsaturated/α-hetero) is 1. The van der Waals surface area contributed by atoms with E-state index in [9.17, 15) is 14.7 Å². The molecule has 2 heterocycles. The first-order valence-corrected chi connectivity index (χ1v) is 10.3. The van der Waals surface area contributed by atoms with Gasteiger partial charge in [-0.15, -0.1) is 0 Å². The Hall–Kier alpha value is -3.02. The van der Waals surface area contributed by atoms with Crippen LogP contribution in [0.5, 0.6) is 5.75 Å². The van der Waals surface area contributed by atoms with Crippen molar-refractivity contribution in [1.82, 2.24) is 4.90 Å². The summed E-state index contributed by atoms with van der Waals surface area (Å²) in [5, 5.41) is 11.2. The number of carbonyl (C=O) groups excluding carboxylic acids is 2. The SMILES string of the molecule is CCCN1C(=O)C(=O)/C(=C(\O)c2ccc(OCC)c(C(C)(C)C)c2)C1c1ccco1. The van der Waals surface area contributed by atoms with Gasteiger partial charge in [-0.3, -0.25) is 9.59 Å². The van der Waals surface area contributed by atoms with E-state index in [1.165, 1.54) is 11.2 Å². The minimum atomic E-state index is -0.746. The summed E-state index contributed by atoms with van der Waals surface area (Å²) in [6, 6.07) is 8.00. The summed E-state index contributed by atoms with van der Waals surface area (Å²) in [4.78, 5) is 27.0. The number of rotatable bonds is 6. The third-order valence-corrected chi connectivity index (χ3v) is 5.18. The number of amides is 1. The van der Waals surface area contributed by atoms with Crippen molar-refractivity contribution in [2.45, 2.75) is 52.5 Å². The molecule has 1 atom stereocenters. The molecule has 0 spiro atoms. The van der Waals surface area contributed by atoms with Crippen molar-refractivity contribution in [3.8, 4) is 5.75 Å². The molecule has 1 saturated heterocycles. The van der Waals surface area contributed by atoms with Crippen molar-refractivity contribution < 1.29 is 23.8 Å². The van der Waals surface area contributed by atoms with Crippen LogP contribution < -0.4 is 4.74 Å². The van der Waals surface area contributed by atoms with Crippen molar-refractivity contribution in [3.63, 3.8) is 0 Å². The average Bonchev–Trinajstić information content (AvgIpc) is 3.30. The molecule has 1 N–H and O–H groups in total. The van der Waals surface area contributed by atoms with E-state index in [1.54, 1.807) is 24.3 Å². The predicted octanol–water partition coefficient (Wildman–Crippen LogP) is 4.81. The first kappa shape index (κ1) is 21.7. The molecule has 1 amide bonds. The molecule has 6 heteroatoms. The zero-order chi connectivity index (χ0) is 22.1. The van der Waals surface area contributed by atoms with Gasteiger partial charge in [0.1, 0.15) is 23.3 Å². The second kappa shape index (κ2) is 8.38. The van der Waals surface area contributed by atoms with Crippen molar-refractivity contribution in [1.29, 1.82) is 0 Å². The third-order valence-electron chi connectivity index (χ3n) is 5.18. The minimum Gasteiger partial charge on any atom is -0.507 e. The lowest BCUT2D eigenvalue weighted by molar-refractivity contribution is -0.140. The van der Waals surface area contributed by atoms with Gasteiger partial charge in [0.05, 0.1) is 18.4 Å². The second-order valence-electron chi connectivity index (χ2n) is 8.40. The molecule has 3 rings (SSSR count). The molecule has 1 aliphatic rings. The molecule has 0 aliphatic carbocycles. The third kappa shape index (κ3) is 3.86. The number of ether oxygens (including phenoxy) is 1. The van der Waals surface area contributed by atoms with E-state index in [0.29, 0.717) is 30.9 Å². The fourth-order valence-corrected chi connectivity index (χ4v) is 3.79. The van der Waals surface area contributed by atoms with Gasteiger partial charge in [-0.1, -0.05) is 27.7 Å². The smallest absolute Gasteiger partial charge is 0.295 e. The molecule has 160 valence electrons. The predicted molar refractivity (Wildman–Crippen MR) is 114 cm³/mol. The molecule has 0 radical (unpaired) electrons. The Morgan fingerprint density at radius 1 is 1.20 bits per heavy atom. The number of benzene rings is 1. The Morgan fingerprint density at radius 3 is 2.50 bits per heavy atom. The Morgan fingerprint density at radius 2 is 1.93 bits per heavy atom. The number of nitrogens with zero attached hydrogens (tertiary/aromatic N) is 1. The molecular formula is C24H29NO5. The van der Waals surface area contributed by atoms with Crippen LogP contribution in [0.4, 0.5) is 0 Å². The van der Waals surface area contributed by atoms with Gasteiger partial charge < -0.3 is 19.2 Å². The molecule has 2 aromatic rings. The normalized spacial score (nSPS) is 18.8. The summed E-state index contributed by atoms with van der Waals surface area (Å²) < 4.78 is 11.3. The van der Waals surface area contributed by atoms with Crippen LogP contribution in [0.15, 0.2) is 46.6 Å². The zero-order valence-electron chi connectivity index (χ0n) is 18.2. The highest BCUT2D eigenvalue weighted by molar-refractivity contribution is 6.46. The van der Waals surface area contributed by atoms with Crippen LogP contribution in [-0.4, -0.2) is 34.8 Å². The number of aliphatic hydroxyl groups excluding tert-OH is 1. The second-order valence-corrected chi connectivity index (χ2v) is 8.40. The van der Waals surface area contributed by atoms with Crippen LogP contribution in [0.1, 0.15) is 64.0 Å². The molecule has 0 bridgehead atoms. The maximum atomic E-state index is 12.9. The van der Waals surface area contributed by atoms with E-state index >= 15 is 0 Å². The molecular weight excluding hydrogens is 382 g/mol. The molecule has 6 nitrogen and oxygen atoms in total. The van der Waals surface area contributed by atoms with Crippen LogP contribution in [0, 0.1) is 0 Å². The summed E-state index contributed by atoms with van der Waals surface area (Å²) >= 11 is 0. The molecule has 30 heavy (non-hydrogen) atoms. The van der Waals surface area contributed by atoms with Crippen LogP contribution in [-0.2, 0) is 15.0 Å². The summed E-state index contributed by atoms with van der Waals surface area (Å²) in [5.41, 5.74) is 1.18. The van der Waals surface area contributed by atoms with Gasteiger partial charge in [-0.25, -0.2) is 0 Å². The van der Waals surface area contributed by atoms with E-state index in [-0.39, 0.29) is 16.7 Å². The summed E-state index contributed by atoms with van der Waals surface area (Å²) in [5.74, 6) is -0.348. The molecule has 1 aliphatic heterocycles. The van der Waals surface area contributed by atoms with E-state index < -0.39 is 17.7 Å². The molecule has 0 saturated carbocycles. The average molecular weight is 411 g/mol. The highest BCUT2D eigenvalue weighted by Crippen LogP contribution is 2.41. The highest BCUT2D eigenvalue weighted by Gasteiger charge is 2.47. The van der Waals surface area contributed by atoms with Crippen LogP contribution >= 0.6 is 0 Å². The summed E-state index contributed by atoms with van der Waals surface area (Å²) in [7, 11) is 0.